The molecule has 18 heavy (non-hydrogen) atoms. The molecule has 0 spiro atoms. The third-order valence-electron chi connectivity index (χ3n) is 1.85. The fourth-order valence-corrected chi connectivity index (χ4v) is 2.23. The van der Waals surface area contributed by atoms with Crippen LogP contribution in [0.15, 0.2) is 0 Å². The minimum atomic E-state index is -3.18. The maximum Gasteiger partial charge on any atom is 1.00 e. The van der Waals surface area contributed by atoms with E-state index in [-0.39, 0.29) is 116 Å². The summed E-state index contributed by atoms with van der Waals surface area (Å²) in [6.45, 7) is 1.08. The summed E-state index contributed by atoms with van der Waals surface area (Å²) in [6, 6.07) is 0. The van der Waals surface area contributed by atoms with E-state index in [2.05, 4.69) is 0 Å². The standard InChI is InChI=1S/C6H14O8S2.2Rb/c1-2(7)3(8)4(9)5(10)6(15(11)12)16(13)14;;/h2-10H,1H3,(H,11,12)(H,13,14);;/q;2*+1/p-2/t2-,3-,4+,5+;;/m0../s1. The predicted octanol–water partition coefficient (Wildman–Crippen LogP) is -9.46. The van der Waals surface area contributed by atoms with Crippen molar-refractivity contribution in [2.75, 3.05) is 0 Å². The van der Waals surface area contributed by atoms with Gasteiger partial charge in [-0.1, -0.05) is 0 Å². The van der Waals surface area contributed by atoms with Gasteiger partial charge in [0.25, 0.3) is 0 Å². The van der Waals surface area contributed by atoms with Crippen molar-refractivity contribution in [1.82, 2.24) is 0 Å². The van der Waals surface area contributed by atoms with Crippen molar-refractivity contribution in [3.05, 3.63) is 0 Å². The predicted molar refractivity (Wildman–Crippen MR) is 51.3 cm³/mol. The van der Waals surface area contributed by atoms with Gasteiger partial charge in [0, 0.05) is 0 Å². The third-order valence-corrected chi connectivity index (χ3v) is 4.11. The van der Waals surface area contributed by atoms with Crippen molar-refractivity contribution in [1.29, 1.82) is 0 Å². The second-order valence-electron chi connectivity index (χ2n) is 3.10. The third kappa shape index (κ3) is 8.96. The van der Waals surface area contributed by atoms with Crippen LogP contribution in [-0.2, 0) is 22.2 Å². The van der Waals surface area contributed by atoms with E-state index in [0.717, 1.165) is 6.92 Å². The molecule has 6 atom stereocenters. The number of rotatable bonds is 6. The van der Waals surface area contributed by atoms with Crippen LogP contribution in [0, 0.1) is 0 Å². The molecule has 0 aliphatic heterocycles. The summed E-state index contributed by atoms with van der Waals surface area (Å²) in [5.74, 6) is 0. The normalized spacial score (nSPS) is 22.4. The quantitative estimate of drug-likeness (QED) is 0.292. The van der Waals surface area contributed by atoms with E-state index in [4.69, 9.17) is 10.2 Å². The molecule has 0 fully saturated rings. The van der Waals surface area contributed by atoms with Gasteiger partial charge in [0.1, 0.15) is 22.9 Å². The van der Waals surface area contributed by atoms with Crippen molar-refractivity contribution in [2.45, 2.75) is 35.9 Å². The molecule has 98 valence electrons. The van der Waals surface area contributed by atoms with Crippen molar-refractivity contribution in [3.8, 4) is 0 Å². The maximum atomic E-state index is 10.5. The second-order valence-corrected chi connectivity index (χ2v) is 5.46. The molecular weight excluding hydrogens is 435 g/mol. The van der Waals surface area contributed by atoms with E-state index in [1.54, 1.807) is 0 Å². The van der Waals surface area contributed by atoms with Gasteiger partial charge < -0.3 is 29.5 Å². The Balaban J connectivity index is -0.00000112. The first-order valence-electron chi connectivity index (χ1n) is 4.08. The van der Waals surface area contributed by atoms with Gasteiger partial charge in [-0.3, -0.25) is 8.42 Å². The molecule has 0 heterocycles. The molecule has 12 heteroatoms. The second kappa shape index (κ2) is 13.1. The maximum absolute atomic E-state index is 10.5. The van der Waals surface area contributed by atoms with Gasteiger partial charge in [0.15, 0.2) is 0 Å². The summed E-state index contributed by atoms with van der Waals surface area (Å²) >= 11 is -6.36. The van der Waals surface area contributed by atoms with E-state index >= 15 is 0 Å². The fourth-order valence-electron chi connectivity index (χ4n) is 0.940. The molecule has 0 aromatic heterocycles. The van der Waals surface area contributed by atoms with E-state index < -0.39 is 51.2 Å². The summed E-state index contributed by atoms with van der Waals surface area (Å²) in [7, 11) is 0. The monoisotopic (exact) mass is 446 g/mol. The Labute approximate surface area is 207 Å². The molecule has 0 saturated heterocycles. The number of hydrogen-bond acceptors (Lipinski definition) is 8. The first-order valence-corrected chi connectivity index (χ1v) is 6.36. The molecule has 2 unspecified atom stereocenters. The van der Waals surface area contributed by atoms with Crippen molar-refractivity contribution >= 4 is 22.2 Å². The minimum Gasteiger partial charge on any atom is -0.771 e. The summed E-state index contributed by atoms with van der Waals surface area (Å²) in [5, 5.41) is 36.4. The zero-order valence-electron chi connectivity index (χ0n) is 10.1. The SMILES string of the molecule is C[C@H](O)[C@H](O)[C@@H](O)[C@@H](O)C(S(=O)[O-])S(=O)[O-].[Rb+].[Rb+]. The Bertz CT molecular complexity index is 264. The zero-order chi connectivity index (χ0) is 13.0. The van der Waals surface area contributed by atoms with Gasteiger partial charge in [-0.25, -0.2) is 0 Å². The zero-order valence-corrected chi connectivity index (χ0v) is 21.6. The van der Waals surface area contributed by atoms with Gasteiger partial charge >= 0.3 is 116 Å². The van der Waals surface area contributed by atoms with Crippen LogP contribution in [0.25, 0.3) is 0 Å². The Kier molecular flexibility index (Phi) is 19.4. The Morgan fingerprint density at radius 3 is 1.39 bits per heavy atom. The number of aliphatic hydroxyl groups is 4. The van der Waals surface area contributed by atoms with Crippen molar-refractivity contribution in [2.24, 2.45) is 0 Å². The van der Waals surface area contributed by atoms with Crippen LogP contribution < -0.4 is 116 Å². The molecule has 0 amide bonds. The van der Waals surface area contributed by atoms with Gasteiger partial charge in [-0.05, 0) is 29.1 Å². The molecule has 4 N–H and O–H groups in total. The average molecular weight is 447 g/mol. The van der Waals surface area contributed by atoms with Crippen LogP contribution in [0.4, 0.5) is 0 Å². The smallest absolute Gasteiger partial charge is 0.771 e. The van der Waals surface area contributed by atoms with Gasteiger partial charge in [-0.2, -0.15) is 0 Å². The summed E-state index contributed by atoms with van der Waals surface area (Å²) in [5.41, 5.74) is 0. The van der Waals surface area contributed by atoms with E-state index in [1.165, 1.54) is 0 Å². The number of aliphatic hydroxyl groups excluding tert-OH is 4. The Morgan fingerprint density at radius 1 is 0.833 bits per heavy atom. The molecule has 0 bridgehead atoms. The fraction of sp³-hybridized carbons (Fsp3) is 1.00. The van der Waals surface area contributed by atoms with Gasteiger partial charge in [0.2, 0.25) is 0 Å². The van der Waals surface area contributed by atoms with Crippen LogP contribution in [0.1, 0.15) is 6.92 Å². The van der Waals surface area contributed by atoms with Crippen molar-refractivity contribution in [3.63, 3.8) is 0 Å². The van der Waals surface area contributed by atoms with Gasteiger partial charge in [0.05, 0.1) is 6.10 Å². The average Bonchev–Trinajstić information content (AvgIpc) is 2.13. The summed E-state index contributed by atoms with van der Waals surface area (Å²) < 4.78 is 39.6. The molecule has 0 saturated carbocycles. The topological polar surface area (TPSA) is 161 Å². The minimum absolute atomic E-state index is 0. The molecule has 0 aromatic carbocycles. The first-order chi connectivity index (χ1) is 7.20. The van der Waals surface area contributed by atoms with E-state index in [1.807, 2.05) is 0 Å². The molecule has 0 rings (SSSR count). The van der Waals surface area contributed by atoms with Gasteiger partial charge in [-0.15, -0.1) is 0 Å². The van der Waals surface area contributed by atoms with Crippen LogP contribution in [0.3, 0.4) is 0 Å². The van der Waals surface area contributed by atoms with Crippen LogP contribution in [-0.4, -0.2) is 66.9 Å². The van der Waals surface area contributed by atoms with Crippen LogP contribution in [0.5, 0.6) is 0 Å². The molecule has 0 radical (unpaired) electrons. The summed E-state index contributed by atoms with van der Waals surface area (Å²) in [4.78, 5) is 0. The van der Waals surface area contributed by atoms with Crippen LogP contribution >= 0.6 is 0 Å². The summed E-state index contributed by atoms with van der Waals surface area (Å²) in [6.07, 6.45) is -7.66. The Morgan fingerprint density at radius 2 is 1.17 bits per heavy atom. The van der Waals surface area contributed by atoms with E-state index in [0.29, 0.717) is 0 Å². The number of hydrogen-bond donors (Lipinski definition) is 4. The van der Waals surface area contributed by atoms with Crippen LogP contribution in [0.2, 0.25) is 0 Å². The molecule has 0 aromatic rings. The molecule has 0 aliphatic rings. The Hall–Kier alpha value is 3.67. The van der Waals surface area contributed by atoms with Crippen molar-refractivity contribution < 1.29 is 154 Å². The molecular formula is C6H12O8Rb2S2. The first kappa shape index (κ1) is 26.6. The molecule has 0 aliphatic carbocycles. The molecule has 8 nitrogen and oxygen atoms in total. The van der Waals surface area contributed by atoms with E-state index in [9.17, 15) is 27.7 Å². The largest absolute Gasteiger partial charge is 1.00 e.